The lowest BCUT2D eigenvalue weighted by Crippen LogP contribution is -2.49. The van der Waals surface area contributed by atoms with Crippen LogP contribution >= 0.6 is 0 Å². The Kier molecular flexibility index (Phi) is 5.75. The van der Waals surface area contributed by atoms with Gasteiger partial charge in [0.05, 0.1) is 0 Å². The molecule has 22 heavy (non-hydrogen) atoms. The van der Waals surface area contributed by atoms with Gasteiger partial charge in [-0.25, -0.2) is 0 Å². The van der Waals surface area contributed by atoms with Gasteiger partial charge in [0, 0.05) is 19.2 Å². The Morgan fingerprint density at radius 1 is 1.32 bits per heavy atom. The molecule has 0 bridgehead atoms. The first-order chi connectivity index (χ1) is 10.6. The lowest BCUT2D eigenvalue weighted by atomic mass is 10.00. The van der Waals surface area contributed by atoms with Crippen LogP contribution in [0.25, 0.3) is 6.08 Å². The molecule has 0 radical (unpaired) electrons. The number of hydrogen-bond acceptors (Lipinski definition) is 2. The van der Waals surface area contributed by atoms with Crippen molar-refractivity contribution in [1.29, 1.82) is 0 Å². The third-order valence-corrected chi connectivity index (χ3v) is 3.92. The van der Waals surface area contributed by atoms with Crippen LogP contribution in [0.1, 0.15) is 32.3 Å². The molecular weight excluding hydrogens is 276 g/mol. The topological polar surface area (TPSA) is 49.4 Å². The first-order valence-electron chi connectivity index (χ1n) is 7.88. The summed E-state index contributed by atoms with van der Waals surface area (Å²) in [5.74, 6) is 0.307. The summed E-state index contributed by atoms with van der Waals surface area (Å²) in [5.41, 5.74) is 0.960. The van der Waals surface area contributed by atoms with Crippen LogP contribution in [-0.4, -0.2) is 35.8 Å². The SMILES string of the molecule is CC1CCCN(C(=O)C(C)NC(=O)/C=C/c2ccccc2)C1. The van der Waals surface area contributed by atoms with Crippen LogP contribution in [0.15, 0.2) is 36.4 Å². The van der Waals surface area contributed by atoms with E-state index in [4.69, 9.17) is 0 Å². The van der Waals surface area contributed by atoms with Gasteiger partial charge in [0.2, 0.25) is 11.8 Å². The van der Waals surface area contributed by atoms with Crippen LogP contribution in [0.4, 0.5) is 0 Å². The molecule has 2 atom stereocenters. The number of carbonyl (C=O) groups excluding carboxylic acids is 2. The Labute approximate surface area is 132 Å². The maximum absolute atomic E-state index is 12.3. The van der Waals surface area contributed by atoms with E-state index in [1.54, 1.807) is 13.0 Å². The van der Waals surface area contributed by atoms with Gasteiger partial charge in [0.15, 0.2) is 0 Å². The highest BCUT2D eigenvalue weighted by Crippen LogP contribution is 2.16. The molecule has 1 saturated heterocycles. The zero-order chi connectivity index (χ0) is 15.9. The van der Waals surface area contributed by atoms with Crippen molar-refractivity contribution < 1.29 is 9.59 Å². The molecule has 2 rings (SSSR count). The molecule has 1 aromatic carbocycles. The fourth-order valence-electron chi connectivity index (χ4n) is 2.72. The normalized spacial score (nSPS) is 19.9. The standard InChI is InChI=1S/C18H24N2O2/c1-14-7-6-12-20(13-14)18(22)15(2)19-17(21)11-10-16-8-4-3-5-9-16/h3-5,8-11,14-15H,6-7,12-13H2,1-2H3,(H,19,21)/b11-10+. The fourth-order valence-corrected chi connectivity index (χ4v) is 2.72. The van der Waals surface area contributed by atoms with Gasteiger partial charge in [-0.1, -0.05) is 37.3 Å². The number of nitrogens with one attached hydrogen (secondary N) is 1. The Bertz CT molecular complexity index is 539. The van der Waals surface area contributed by atoms with Crippen molar-refractivity contribution in [3.63, 3.8) is 0 Å². The van der Waals surface area contributed by atoms with E-state index in [0.29, 0.717) is 5.92 Å². The number of carbonyl (C=O) groups is 2. The first kappa shape index (κ1) is 16.3. The van der Waals surface area contributed by atoms with Gasteiger partial charge in [0.1, 0.15) is 6.04 Å². The van der Waals surface area contributed by atoms with Crippen LogP contribution in [-0.2, 0) is 9.59 Å². The predicted octanol–water partition coefficient (Wildman–Crippen LogP) is 2.46. The molecule has 0 saturated carbocycles. The van der Waals surface area contributed by atoms with E-state index in [-0.39, 0.29) is 11.8 Å². The molecule has 2 amide bonds. The average Bonchev–Trinajstić information content (AvgIpc) is 2.53. The van der Waals surface area contributed by atoms with Gasteiger partial charge in [0.25, 0.3) is 0 Å². The summed E-state index contributed by atoms with van der Waals surface area (Å²) in [4.78, 5) is 26.1. The minimum absolute atomic E-state index is 0.00742. The van der Waals surface area contributed by atoms with E-state index in [1.165, 1.54) is 12.5 Å². The summed E-state index contributed by atoms with van der Waals surface area (Å²) >= 11 is 0. The minimum atomic E-state index is -0.488. The summed E-state index contributed by atoms with van der Waals surface area (Å²) < 4.78 is 0. The molecule has 1 N–H and O–H groups in total. The number of likely N-dealkylation sites (tertiary alicyclic amines) is 1. The summed E-state index contributed by atoms with van der Waals surface area (Å²) in [7, 11) is 0. The molecule has 0 spiro atoms. The van der Waals surface area contributed by atoms with Gasteiger partial charge in [-0.05, 0) is 37.3 Å². The highest BCUT2D eigenvalue weighted by molar-refractivity contribution is 5.95. The molecule has 118 valence electrons. The molecule has 4 nitrogen and oxygen atoms in total. The van der Waals surface area contributed by atoms with Gasteiger partial charge in [-0.15, -0.1) is 0 Å². The highest BCUT2D eigenvalue weighted by Gasteiger charge is 2.25. The van der Waals surface area contributed by atoms with E-state index in [9.17, 15) is 9.59 Å². The Morgan fingerprint density at radius 3 is 2.73 bits per heavy atom. The van der Waals surface area contributed by atoms with Crippen LogP contribution in [0, 0.1) is 5.92 Å². The van der Waals surface area contributed by atoms with E-state index in [1.807, 2.05) is 35.2 Å². The molecule has 0 aromatic heterocycles. The maximum atomic E-state index is 12.3. The van der Waals surface area contributed by atoms with Crippen LogP contribution in [0.3, 0.4) is 0 Å². The molecule has 2 unspecified atom stereocenters. The molecule has 1 aromatic rings. The number of hydrogen-bond donors (Lipinski definition) is 1. The number of nitrogens with zero attached hydrogens (tertiary/aromatic N) is 1. The highest BCUT2D eigenvalue weighted by atomic mass is 16.2. The van der Waals surface area contributed by atoms with Crippen molar-refractivity contribution in [3.05, 3.63) is 42.0 Å². The quantitative estimate of drug-likeness (QED) is 0.868. The largest absolute Gasteiger partial charge is 0.341 e. The molecular formula is C18H24N2O2. The second-order valence-corrected chi connectivity index (χ2v) is 6.01. The van der Waals surface area contributed by atoms with Gasteiger partial charge >= 0.3 is 0 Å². The third kappa shape index (κ3) is 4.72. The zero-order valence-electron chi connectivity index (χ0n) is 13.3. The van der Waals surface area contributed by atoms with Crippen molar-refractivity contribution in [1.82, 2.24) is 10.2 Å². The maximum Gasteiger partial charge on any atom is 0.244 e. The molecule has 1 aliphatic rings. The van der Waals surface area contributed by atoms with E-state index in [0.717, 1.165) is 25.1 Å². The Hall–Kier alpha value is -2.10. The predicted molar refractivity (Wildman–Crippen MR) is 88.1 cm³/mol. The summed E-state index contributed by atoms with van der Waals surface area (Å²) in [6.45, 7) is 5.49. The second kappa shape index (κ2) is 7.78. The van der Waals surface area contributed by atoms with Crippen molar-refractivity contribution in [3.8, 4) is 0 Å². The summed E-state index contributed by atoms with van der Waals surface area (Å²) in [5, 5.41) is 2.75. The molecule has 1 heterocycles. The summed E-state index contributed by atoms with van der Waals surface area (Å²) in [6.07, 6.45) is 5.43. The van der Waals surface area contributed by atoms with Crippen molar-refractivity contribution in [2.75, 3.05) is 13.1 Å². The van der Waals surface area contributed by atoms with Gasteiger partial charge < -0.3 is 10.2 Å². The Morgan fingerprint density at radius 2 is 2.05 bits per heavy atom. The zero-order valence-corrected chi connectivity index (χ0v) is 13.3. The van der Waals surface area contributed by atoms with Gasteiger partial charge in [-0.2, -0.15) is 0 Å². The first-order valence-corrected chi connectivity index (χ1v) is 7.88. The molecule has 0 aliphatic carbocycles. The Balaban J connectivity index is 1.85. The third-order valence-electron chi connectivity index (χ3n) is 3.92. The van der Waals surface area contributed by atoms with Crippen LogP contribution in [0.2, 0.25) is 0 Å². The number of piperidine rings is 1. The monoisotopic (exact) mass is 300 g/mol. The smallest absolute Gasteiger partial charge is 0.244 e. The van der Waals surface area contributed by atoms with Crippen molar-refractivity contribution in [2.24, 2.45) is 5.92 Å². The molecule has 4 heteroatoms. The lowest BCUT2D eigenvalue weighted by Gasteiger charge is -2.32. The van der Waals surface area contributed by atoms with E-state index < -0.39 is 6.04 Å². The summed E-state index contributed by atoms with van der Waals surface area (Å²) in [6, 6.07) is 9.12. The van der Waals surface area contributed by atoms with E-state index in [2.05, 4.69) is 12.2 Å². The van der Waals surface area contributed by atoms with Crippen molar-refractivity contribution >= 4 is 17.9 Å². The number of amides is 2. The molecule has 1 aliphatic heterocycles. The lowest BCUT2D eigenvalue weighted by molar-refractivity contribution is -0.136. The van der Waals surface area contributed by atoms with E-state index >= 15 is 0 Å². The second-order valence-electron chi connectivity index (χ2n) is 6.01. The minimum Gasteiger partial charge on any atom is -0.341 e. The molecule has 1 fully saturated rings. The van der Waals surface area contributed by atoms with Crippen LogP contribution in [0.5, 0.6) is 0 Å². The number of benzene rings is 1. The number of rotatable bonds is 4. The van der Waals surface area contributed by atoms with Crippen molar-refractivity contribution in [2.45, 2.75) is 32.7 Å². The fraction of sp³-hybridized carbons (Fsp3) is 0.444. The average molecular weight is 300 g/mol. The van der Waals surface area contributed by atoms with Crippen LogP contribution < -0.4 is 5.32 Å². The van der Waals surface area contributed by atoms with Gasteiger partial charge in [-0.3, -0.25) is 9.59 Å².